The number of nitrogens with zero attached hydrogens (tertiary/aromatic N) is 2. The third kappa shape index (κ3) is 5.19. The molecule has 0 saturated heterocycles. The quantitative estimate of drug-likeness (QED) is 0.440. The van der Waals surface area contributed by atoms with E-state index >= 15 is 0 Å². The van der Waals surface area contributed by atoms with Crippen LogP contribution in [-0.4, -0.2) is 33.9 Å². The van der Waals surface area contributed by atoms with Crippen LogP contribution in [0.5, 0.6) is 11.5 Å². The zero-order valence-corrected chi connectivity index (χ0v) is 17.7. The molecule has 1 heterocycles. The third-order valence-corrected chi connectivity index (χ3v) is 4.98. The number of para-hydroxylation sites is 4. The van der Waals surface area contributed by atoms with Gasteiger partial charge in [-0.15, -0.1) is 0 Å². The van der Waals surface area contributed by atoms with Crippen molar-refractivity contribution in [2.45, 2.75) is 13.5 Å². The van der Waals surface area contributed by atoms with Gasteiger partial charge >= 0.3 is 0 Å². The van der Waals surface area contributed by atoms with Crippen LogP contribution in [0.2, 0.25) is 0 Å². The van der Waals surface area contributed by atoms with Crippen LogP contribution >= 0.6 is 0 Å². The van der Waals surface area contributed by atoms with Crippen molar-refractivity contribution in [1.82, 2.24) is 14.9 Å². The van der Waals surface area contributed by atoms with Crippen molar-refractivity contribution >= 4 is 22.5 Å². The van der Waals surface area contributed by atoms with E-state index in [1.54, 1.807) is 24.3 Å². The van der Waals surface area contributed by atoms with Crippen LogP contribution in [-0.2, 0) is 11.3 Å². The lowest BCUT2D eigenvalue weighted by Crippen LogP contribution is -2.34. The molecule has 7 heteroatoms. The Balaban J connectivity index is 1.44. The molecule has 0 aliphatic rings. The van der Waals surface area contributed by atoms with E-state index in [4.69, 9.17) is 4.74 Å². The van der Waals surface area contributed by atoms with Gasteiger partial charge in [0.1, 0.15) is 11.6 Å². The summed E-state index contributed by atoms with van der Waals surface area (Å²) in [5.41, 5.74) is 1.05. The number of amides is 1. The highest BCUT2D eigenvalue weighted by Gasteiger charge is 2.14. The van der Waals surface area contributed by atoms with Gasteiger partial charge in [0, 0.05) is 0 Å². The smallest absolute Gasteiger partial charge is 0.258 e. The van der Waals surface area contributed by atoms with Crippen molar-refractivity contribution in [3.8, 4) is 11.5 Å². The number of hydrogen-bond acceptors (Lipinski definition) is 5. The van der Waals surface area contributed by atoms with E-state index in [1.807, 2.05) is 66.4 Å². The summed E-state index contributed by atoms with van der Waals surface area (Å²) in [5.74, 6) is 1.60. The number of aromatic nitrogens is 2. The fourth-order valence-corrected chi connectivity index (χ4v) is 3.37. The summed E-state index contributed by atoms with van der Waals surface area (Å²) in [4.78, 5) is 34.3. The predicted molar refractivity (Wildman–Crippen MR) is 125 cm³/mol. The first-order valence-corrected chi connectivity index (χ1v) is 10.4. The molecule has 4 rings (SSSR count). The van der Waals surface area contributed by atoms with Gasteiger partial charge in [-0.3, -0.25) is 14.5 Å². The molecule has 1 aromatic heterocycles. The second-order valence-corrected chi connectivity index (χ2v) is 7.29. The minimum absolute atomic E-state index is 0.146. The Morgan fingerprint density at radius 2 is 1.72 bits per heavy atom. The van der Waals surface area contributed by atoms with Crippen LogP contribution in [0.1, 0.15) is 12.7 Å². The number of fused-ring (bicyclic) bond motifs is 1. The Hall–Kier alpha value is -3.97. The van der Waals surface area contributed by atoms with Gasteiger partial charge in [-0.2, -0.15) is 0 Å². The van der Waals surface area contributed by atoms with Gasteiger partial charge in [-0.25, -0.2) is 4.98 Å². The van der Waals surface area contributed by atoms with Gasteiger partial charge in [0.05, 0.1) is 29.7 Å². The number of hydrogen-bond donors (Lipinski definition) is 2. The van der Waals surface area contributed by atoms with Gasteiger partial charge in [0.2, 0.25) is 5.91 Å². The maximum absolute atomic E-state index is 12.8. The maximum atomic E-state index is 12.8. The van der Waals surface area contributed by atoms with Crippen molar-refractivity contribution in [3.63, 3.8) is 0 Å². The number of nitrogens with one attached hydrogen (secondary N) is 2. The maximum Gasteiger partial charge on any atom is 0.258 e. The first kappa shape index (κ1) is 21.3. The highest BCUT2D eigenvalue weighted by Crippen LogP contribution is 2.29. The average Bonchev–Trinajstić information content (AvgIpc) is 2.80. The lowest BCUT2D eigenvalue weighted by atomic mass is 10.2. The van der Waals surface area contributed by atoms with Crippen molar-refractivity contribution in [2.75, 3.05) is 18.4 Å². The normalized spacial score (nSPS) is 10.9. The minimum atomic E-state index is -0.182. The number of aromatic amines is 1. The number of rotatable bonds is 8. The second-order valence-electron chi connectivity index (χ2n) is 7.29. The number of benzene rings is 3. The van der Waals surface area contributed by atoms with E-state index < -0.39 is 0 Å². The molecule has 32 heavy (non-hydrogen) atoms. The predicted octanol–water partition coefficient (Wildman–Crippen LogP) is 4.18. The molecule has 0 spiro atoms. The summed E-state index contributed by atoms with van der Waals surface area (Å²) >= 11 is 0. The average molecular weight is 428 g/mol. The Labute approximate surface area is 185 Å². The van der Waals surface area contributed by atoms with Gasteiger partial charge in [0.15, 0.2) is 5.75 Å². The van der Waals surface area contributed by atoms with Crippen molar-refractivity contribution in [3.05, 3.63) is 95.0 Å². The Morgan fingerprint density at radius 1 is 1.00 bits per heavy atom. The summed E-state index contributed by atoms with van der Waals surface area (Å²) in [6, 6.07) is 23.9. The molecule has 0 radical (unpaired) electrons. The summed E-state index contributed by atoms with van der Waals surface area (Å²) in [6.45, 7) is 3.07. The van der Waals surface area contributed by atoms with Crippen LogP contribution in [0, 0.1) is 0 Å². The Bertz CT molecular complexity index is 1270. The van der Waals surface area contributed by atoms with Crippen LogP contribution in [0.25, 0.3) is 10.9 Å². The summed E-state index contributed by atoms with van der Waals surface area (Å²) in [6.07, 6.45) is 0. The molecule has 0 fully saturated rings. The number of ether oxygens (including phenoxy) is 1. The molecule has 162 valence electrons. The molecule has 2 N–H and O–H groups in total. The van der Waals surface area contributed by atoms with Gasteiger partial charge in [0.25, 0.3) is 5.56 Å². The zero-order valence-electron chi connectivity index (χ0n) is 17.7. The highest BCUT2D eigenvalue weighted by molar-refractivity contribution is 5.93. The number of carbonyl (C=O) groups is 1. The summed E-state index contributed by atoms with van der Waals surface area (Å²) < 4.78 is 5.91. The summed E-state index contributed by atoms with van der Waals surface area (Å²) in [7, 11) is 0. The van der Waals surface area contributed by atoms with E-state index in [2.05, 4.69) is 15.3 Å². The molecule has 0 aliphatic heterocycles. The SMILES string of the molecule is CCN(CC(=O)Nc1ccccc1Oc1ccccc1)Cc1nc2ccccc2c(=O)[nH]1. The molecule has 3 aromatic carbocycles. The van der Waals surface area contributed by atoms with Crippen LogP contribution < -0.4 is 15.6 Å². The molecule has 4 aromatic rings. The van der Waals surface area contributed by atoms with Gasteiger partial charge < -0.3 is 15.0 Å². The largest absolute Gasteiger partial charge is 0.455 e. The number of H-pyrrole nitrogens is 1. The monoisotopic (exact) mass is 428 g/mol. The molecule has 0 aliphatic carbocycles. The molecule has 0 unspecified atom stereocenters. The van der Waals surface area contributed by atoms with Crippen LogP contribution in [0.15, 0.2) is 83.7 Å². The minimum Gasteiger partial charge on any atom is -0.455 e. The third-order valence-electron chi connectivity index (χ3n) is 4.98. The highest BCUT2D eigenvalue weighted by atomic mass is 16.5. The molecule has 0 atom stereocenters. The number of anilines is 1. The zero-order chi connectivity index (χ0) is 22.3. The Kier molecular flexibility index (Phi) is 6.57. The first-order chi connectivity index (χ1) is 15.6. The van der Waals surface area contributed by atoms with Crippen molar-refractivity contribution in [1.29, 1.82) is 0 Å². The summed E-state index contributed by atoms with van der Waals surface area (Å²) in [5, 5.41) is 3.47. The first-order valence-electron chi connectivity index (χ1n) is 10.4. The fourth-order valence-electron chi connectivity index (χ4n) is 3.37. The fraction of sp³-hybridized carbons (Fsp3) is 0.160. The van der Waals surface area contributed by atoms with E-state index in [1.165, 1.54) is 0 Å². The topological polar surface area (TPSA) is 87.3 Å². The molecule has 0 bridgehead atoms. The molecular formula is C25H24N4O3. The van der Waals surface area contributed by atoms with E-state index in [9.17, 15) is 9.59 Å². The molecule has 1 amide bonds. The second kappa shape index (κ2) is 9.89. The van der Waals surface area contributed by atoms with Gasteiger partial charge in [-0.05, 0) is 42.9 Å². The molecular weight excluding hydrogens is 404 g/mol. The lowest BCUT2D eigenvalue weighted by Gasteiger charge is -2.20. The number of carbonyl (C=O) groups excluding carboxylic acids is 1. The van der Waals surface area contributed by atoms with Gasteiger partial charge in [-0.1, -0.05) is 49.4 Å². The van der Waals surface area contributed by atoms with E-state index in [0.717, 1.165) is 0 Å². The molecule has 0 saturated carbocycles. The van der Waals surface area contributed by atoms with Crippen LogP contribution in [0.3, 0.4) is 0 Å². The van der Waals surface area contributed by atoms with E-state index in [-0.39, 0.29) is 18.0 Å². The van der Waals surface area contributed by atoms with E-state index in [0.29, 0.717) is 47.0 Å². The van der Waals surface area contributed by atoms with Crippen molar-refractivity contribution < 1.29 is 9.53 Å². The Morgan fingerprint density at radius 3 is 2.53 bits per heavy atom. The van der Waals surface area contributed by atoms with Crippen molar-refractivity contribution in [2.24, 2.45) is 0 Å². The number of likely N-dealkylation sites (N-methyl/N-ethyl adjacent to an activating group) is 1. The lowest BCUT2D eigenvalue weighted by molar-refractivity contribution is -0.117. The standard InChI is InChI=1S/C25H24N4O3/c1-2-29(16-23-26-20-13-7-6-12-19(20)25(31)28-23)17-24(30)27-21-14-8-9-15-22(21)32-18-10-4-3-5-11-18/h3-15H,2,16-17H2,1H3,(H,27,30)(H,26,28,31). The molecule has 7 nitrogen and oxygen atoms in total. The van der Waals surface area contributed by atoms with Crippen LogP contribution in [0.4, 0.5) is 5.69 Å².